The van der Waals surface area contributed by atoms with Crippen molar-refractivity contribution in [3.8, 4) is 0 Å². The Balaban J connectivity index is 2.03. The summed E-state index contributed by atoms with van der Waals surface area (Å²) in [6.45, 7) is 0.431. The Labute approximate surface area is 118 Å². The molecule has 0 fully saturated rings. The van der Waals surface area contributed by atoms with E-state index in [0.29, 0.717) is 21.7 Å². The lowest BCUT2D eigenvalue weighted by molar-refractivity contribution is 0.0949. The van der Waals surface area contributed by atoms with Crippen LogP contribution in [0.5, 0.6) is 0 Å². The van der Waals surface area contributed by atoms with E-state index in [9.17, 15) is 4.79 Å². The molecule has 0 unspecified atom stereocenters. The minimum atomic E-state index is -0.171. The second-order valence-electron chi connectivity index (χ2n) is 3.65. The van der Waals surface area contributed by atoms with Crippen LogP contribution in [0.1, 0.15) is 15.9 Å². The number of hydrogen-bond acceptors (Lipinski definition) is 2. The number of benzene rings is 1. The van der Waals surface area contributed by atoms with E-state index < -0.39 is 0 Å². The molecule has 3 nitrogen and oxygen atoms in total. The van der Waals surface area contributed by atoms with Crippen molar-refractivity contribution >= 4 is 33.4 Å². The van der Waals surface area contributed by atoms with Crippen LogP contribution in [0.3, 0.4) is 0 Å². The Bertz CT molecular complexity index is 574. The average Bonchev–Trinajstić information content (AvgIpc) is 2.37. The molecule has 1 aromatic carbocycles. The number of nitrogens with zero attached hydrogens (tertiary/aromatic N) is 1. The van der Waals surface area contributed by atoms with Crippen LogP contribution in [0.15, 0.2) is 47.2 Å². The van der Waals surface area contributed by atoms with Crippen molar-refractivity contribution in [2.45, 2.75) is 6.54 Å². The second-order valence-corrected chi connectivity index (χ2v) is 4.84. The zero-order valence-corrected chi connectivity index (χ0v) is 11.7. The summed E-state index contributed by atoms with van der Waals surface area (Å²) in [5, 5.41) is 3.47. The number of carbonyl (C=O) groups excluding carboxylic acids is 1. The lowest BCUT2D eigenvalue weighted by Gasteiger charge is -2.06. The number of carbonyl (C=O) groups is 1. The molecule has 0 spiro atoms. The van der Waals surface area contributed by atoms with Gasteiger partial charge in [-0.1, -0.05) is 23.7 Å². The van der Waals surface area contributed by atoms with Gasteiger partial charge in [0.2, 0.25) is 0 Å². The van der Waals surface area contributed by atoms with Gasteiger partial charge in [-0.15, -0.1) is 0 Å². The third-order valence-corrected chi connectivity index (χ3v) is 3.21. The summed E-state index contributed by atoms with van der Waals surface area (Å²) in [4.78, 5) is 15.9. The first kappa shape index (κ1) is 13.1. The van der Waals surface area contributed by atoms with Crippen LogP contribution in [0, 0.1) is 0 Å². The molecule has 1 heterocycles. The molecule has 0 aliphatic rings. The van der Waals surface area contributed by atoms with Gasteiger partial charge in [-0.2, -0.15) is 0 Å². The highest BCUT2D eigenvalue weighted by Gasteiger charge is 2.09. The smallest absolute Gasteiger partial charge is 0.254 e. The molecule has 2 rings (SSSR count). The molecule has 1 aromatic heterocycles. The van der Waals surface area contributed by atoms with E-state index in [1.54, 1.807) is 24.4 Å². The largest absolute Gasteiger partial charge is 0.348 e. The van der Waals surface area contributed by atoms with Crippen LogP contribution < -0.4 is 5.32 Å². The third kappa shape index (κ3) is 3.31. The van der Waals surface area contributed by atoms with Crippen molar-refractivity contribution in [1.82, 2.24) is 10.3 Å². The summed E-state index contributed by atoms with van der Waals surface area (Å²) in [6.07, 6.45) is 1.62. The molecule has 0 radical (unpaired) electrons. The van der Waals surface area contributed by atoms with E-state index in [-0.39, 0.29) is 5.91 Å². The van der Waals surface area contributed by atoms with E-state index in [2.05, 4.69) is 26.2 Å². The van der Waals surface area contributed by atoms with Gasteiger partial charge in [-0.25, -0.2) is 4.98 Å². The SMILES string of the molecule is O=C(NCc1cccc(Cl)c1)c1cccnc1Br. The fourth-order valence-electron chi connectivity index (χ4n) is 1.48. The van der Waals surface area contributed by atoms with Crippen molar-refractivity contribution in [1.29, 1.82) is 0 Å². The third-order valence-electron chi connectivity index (χ3n) is 2.35. The van der Waals surface area contributed by atoms with Crippen LogP contribution >= 0.6 is 27.5 Å². The van der Waals surface area contributed by atoms with Gasteiger partial charge in [0.25, 0.3) is 5.91 Å². The van der Waals surface area contributed by atoms with Crippen molar-refractivity contribution in [3.63, 3.8) is 0 Å². The molecule has 0 bridgehead atoms. The standard InChI is InChI=1S/C13H10BrClN2O/c14-12-11(5-2-6-16-12)13(18)17-8-9-3-1-4-10(15)7-9/h1-7H,8H2,(H,17,18). The van der Waals surface area contributed by atoms with Gasteiger partial charge < -0.3 is 5.32 Å². The molecule has 0 atom stereocenters. The topological polar surface area (TPSA) is 42.0 Å². The van der Waals surface area contributed by atoms with Crippen molar-refractivity contribution in [2.75, 3.05) is 0 Å². The molecule has 0 saturated carbocycles. The summed E-state index contributed by atoms with van der Waals surface area (Å²) in [7, 11) is 0. The summed E-state index contributed by atoms with van der Waals surface area (Å²) in [5.74, 6) is -0.171. The maximum Gasteiger partial charge on any atom is 0.254 e. The monoisotopic (exact) mass is 324 g/mol. The van der Waals surface area contributed by atoms with Gasteiger partial charge in [0.1, 0.15) is 4.60 Å². The Morgan fingerprint density at radius 1 is 1.33 bits per heavy atom. The first-order valence-corrected chi connectivity index (χ1v) is 6.47. The quantitative estimate of drug-likeness (QED) is 0.879. The highest BCUT2D eigenvalue weighted by molar-refractivity contribution is 9.10. The molecule has 1 N–H and O–H groups in total. The predicted molar refractivity (Wildman–Crippen MR) is 74.6 cm³/mol. The normalized spacial score (nSPS) is 10.1. The highest BCUT2D eigenvalue weighted by atomic mass is 79.9. The molecule has 0 aliphatic carbocycles. The first-order valence-electron chi connectivity index (χ1n) is 5.30. The van der Waals surface area contributed by atoms with E-state index in [1.165, 1.54) is 0 Å². The van der Waals surface area contributed by atoms with Gasteiger partial charge in [0.15, 0.2) is 0 Å². The number of rotatable bonds is 3. The zero-order valence-electron chi connectivity index (χ0n) is 9.36. The fraction of sp³-hybridized carbons (Fsp3) is 0.0769. The number of nitrogens with one attached hydrogen (secondary N) is 1. The van der Waals surface area contributed by atoms with E-state index in [0.717, 1.165) is 5.56 Å². The number of pyridine rings is 1. The van der Waals surface area contributed by atoms with Crippen molar-refractivity contribution in [3.05, 3.63) is 63.3 Å². The highest BCUT2D eigenvalue weighted by Crippen LogP contribution is 2.13. The van der Waals surface area contributed by atoms with Gasteiger partial charge in [-0.3, -0.25) is 4.79 Å². The van der Waals surface area contributed by atoms with Crippen LogP contribution in [0.25, 0.3) is 0 Å². The predicted octanol–water partition coefficient (Wildman–Crippen LogP) is 3.43. The summed E-state index contributed by atoms with van der Waals surface area (Å²) < 4.78 is 0.536. The number of hydrogen-bond donors (Lipinski definition) is 1. The van der Waals surface area contributed by atoms with Gasteiger partial charge in [0.05, 0.1) is 5.56 Å². The molecule has 2 aromatic rings. The molecule has 92 valence electrons. The average molecular weight is 326 g/mol. The Hall–Kier alpha value is -1.39. The van der Waals surface area contributed by atoms with Crippen molar-refractivity contribution < 1.29 is 4.79 Å². The fourth-order valence-corrected chi connectivity index (χ4v) is 2.12. The lowest BCUT2D eigenvalue weighted by Crippen LogP contribution is -2.23. The number of halogens is 2. The molecular formula is C13H10BrClN2O. The molecule has 18 heavy (non-hydrogen) atoms. The minimum Gasteiger partial charge on any atom is -0.348 e. The van der Waals surface area contributed by atoms with Gasteiger partial charge in [0, 0.05) is 17.8 Å². The maximum absolute atomic E-state index is 11.9. The molecular weight excluding hydrogens is 316 g/mol. The van der Waals surface area contributed by atoms with Crippen molar-refractivity contribution in [2.24, 2.45) is 0 Å². The number of amides is 1. The van der Waals surface area contributed by atoms with Gasteiger partial charge in [-0.05, 0) is 45.8 Å². The zero-order chi connectivity index (χ0) is 13.0. The minimum absolute atomic E-state index is 0.171. The second kappa shape index (κ2) is 5.98. The van der Waals surface area contributed by atoms with E-state index >= 15 is 0 Å². The van der Waals surface area contributed by atoms with Crippen LogP contribution in [0.4, 0.5) is 0 Å². The maximum atomic E-state index is 11.9. The first-order chi connectivity index (χ1) is 8.66. The van der Waals surface area contributed by atoms with E-state index in [4.69, 9.17) is 11.6 Å². The van der Waals surface area contributed by atoms with E-state index in [1.807, 2.05) is 18.2 Å². The Morgan fingerprint density at radius 3 is 2.89 bits per heavy atom. The molecule has 0 saturated heterocycles. The lowest BCUT2D eigenvalue weighted by atomic mass is 10.2. The van der Waals surface area contributed by atoms with Crippen LogP contribution in [0.2, 0.25) is 5.02 Å². The Morgan fingerprint density at radius 2 is 2.17 bits per heavy atom. The Kier molecular flexibility index (Phi) is 4.33. The van der Waals surface area contributed by atoms with Gasteiger partial charge >= 0.3 is 0 Å². The molecule has 0 aliphatic heterocycles. The van der Waals surface area contributed by atoms with Crippen LogP contribution in [-0.2, 0) is 6.54 Å². The molecule has 1 amide bonds. The number of aromatic nitrogens is 1. The van der Waals surface area contributed by atoms with Crippen LogP contribution in [-0.4, -0.2) is 10.9 Å². The summed E-state index contributed by atoms with van der Waals surface area (Å²) in [6, 6.07) is 10.8. The summed E-state index contributed by atoms with van der Waals surface area (Å²) >= 11 is 9.11. The molecule has 5 heteroatoms. The summed E-state index contributed by atoms with van der Waals surface area (Å²) in [5.41, 5.74) is 1.47.